The predicted octanol–water partition coefficient (Wildman–Crippen LogP) is 4.93. The number of hydrogen-bond donors (Lipinski definition) is 0. The Balaban J connectivity index is 1.38. The van der Waals surface area contributed by atoms with Crippen LogP contribution < -0.4 is 0 Å². The molecule has 1 aromatic rings. The molecule has 0 saturated heterocycles. The number of ether oxygens (including phenoxy) is 1. The van der Waals surface area contributed by atoms with Crippen molar-refractivity contribution in [2.45, 2.75) is 64.7 Å². The number of esters is 1. The normalized spacial score (nSPS) is 32.5. The second-order valence-corrected chi connectivity index (χ2v) is 10.0. The van der Waals surface area contributed by atoms with Gasteiger partial charge in [-0.25, -0.2) is 4.79 Å². The molecule has 0 heterocycles. The first-order chi connectivity index (χ1) is 12.2. The van der Waals surface area contributed by atoms with E-state index in [1.807, 2.05) is 12.1 Å². The maximum atomic E-state index is 12.9. The molecular formula is C23H30O3. The molecule has 26 heavy (non-hydrogen) atoms. The van der Waals surface area contributed by atoms with E-state index in [1.165, 1.54) is 24.8 Å². The number of benzene rings is 1. The van der Waals surface area contributed by atoms with Gasteiger partial charge in [-0.05, 0) is 79.4 Å². The fourth-order valence-corrected chi connectivity index (χ4v) is 5.93. The van der Waals surface area contributed by atoms with Crippen LogP contribution in [-0.4, -0.2) is 18.4 Å². The number of carbonyl (C=O) groups excluding carboxylic acids is 2. The molecule has 0 radical (unpaired) electrons. The lowest BCUT2D eigenvalue weighted by atomic mass is 9.48. The van der Waals surface area contributed by atoms with Crippen LogP contribution in [0.4, 0.5) is 0 Å². The molecule has 0 amide bonds. The molecule has 3 nitrogen and oxygen atoms in total. The minimum Gasteiger partial charge on any atom is -0.454 e. The average molecular weight is 354 g/mol. The monoisotopic (exact) mass is 354 g/mol. The molecule has 4 bridgehead atoms. The molecule has 5 rings (SSSR count). The number of ketones is 1. The van der Waals surface area contributed by atoms with Crippen LogP contribution in [0.15, 0.2) is 24.3 Å². The summed E-state index contributed by atoms with van der Waals surface area (Å²) in [6.45, 7) is 6.37. The highest BCUT2D eigenvalue weighted by atomic mass is 16.5. The highest BCUT2D eigenvalue weighted by molar-refractivity contribution is 5.93. The van der Waals surface area contributed by atoms with Crippen LogP contribution in [0.2, 0.25) is 0 Å². The number of rotatable bonds is 4. The summed E-state index contributed by atoms with van der Waals surface area (Å²) >= 11 is 0. The SMILES string of the molecule is CC(C)(C)c1ccc(C(=O)OCC(=O)C23CC4CC(CC(C4)C2)C3)cc1. The van der Waals surface area contributed by atoms with E-state index >= 15 is 0 Å². The zero-order valence-electron chi connectivity index (χ0n) is 16.2. The van der Waals surface area contributed by atoms with Gasteiger partial charge >= 0.3 is 5.97 Å². The van der Waals surface area contributed by atoms with E-state index in [0.29, 0.717) is 5.56 Å². The summed E-state index contributed by atoms with van der Waals surface area (Å²) in [6, 6.07) is 7.55. The van der Waals surface area contributed by atoms with Crippen molar-refractivity contribution in [2.24, 2.45) is 23.2 Å². The molecule has 4 saturated carbocycles. The van der Waals surface area contributed by atoms with Gasteiger partial charge < -0.3 is 4.74 Å². The van der Waals surface area contributed by atoms with Crippen molar-refractivity contribution in [3.63, 3.8) is 0 Å². The van der Waals surface area contributed by atoms with E-state index < -0.39 is 0 Å². The Bertz CT molecular complexity index is 673. The third-order valence-corrected chi connectivity index (χ3v) is 6.95. The Morgan fingerprint density at radius 3 is 1.92 bits per heavy atom. The van der Waals surface area contributed by atoms with Gasteiger partial charge in [0.15, 0.2) is 12.4 Å². The van der Waals surface area contributed by atoms with Gasteiger partial charge in [-0.15, -0.1) is 0 Å². The predicted molar refractivity (Wildman–Crippen MR) is 101 cm³/mol. The summed E-state index contributed by atoms with van der Waals surface area (Å²) in [7, 11) is 0. The van der Waals surface area contributed by atoms with Gasteiger partial charge in [-0.3, -0.25) is 4.79 Å². The summed E-state index contributed by atoms with van der Waals surface area (Å²) < 4.78 is 5.42. The van der Waals surface area contributed by atoms with Crippen molar-refractivity contribution in [3.05, 3.63) is 35.4 Å². The Kier molecular flexibility index (Phi) is 4.24. The maximum absolute atomic E-state index is 12.9. The molecule has 4 aliphatic carbocycles. The number of Topliss-reactive ketones (excluding diaryl/α,β-unsaturated/α-hetero) is 1. The van der Waals surface area contributed by atoms with E-state index in [9.17, 15) is 9.59 Å². The molecule has 4 aliphatic rings. The van der Waals surface area contributed by atoms with Crippen LogP contribution in [0.1, 0.15) is 75.2 Å². The van der Waals surface area contributed by atoms with Gasteiger partial charge in [0.2, 0.25) is 0 Å². The third kappa shape index (κ3) is 3.21. The van der Waals surface area contributed by atoms with E-state index in [4.69, 9.17) is 4.74 Å². The van der Waals surface area contributed by atoms with Crippen molar-refractivity contribution in [3.8, 4) is 0 Å². The van der Waals surface area contributed by atoms with Crippen LogP contribution in [0.5, 0.6) is 0 Å². The van der Waals surface area contributed by atoms with Crippen molar-refractivity contribution >= 4 is 11.8 Å². The molecule has 0 unspecified atom stereocenters. The van der Waals surface area contributed by atoms with E-state index in [1.54, 1.807) is 12.1 Å². The van der Waals surface area contributed by atoms with Gasteiger partial charge in [-0.1, -0.05) is 32.9 Å². The molecule has 0 aromatic heterocycles. The van der Waals surface area contributed by atoms with Crippen LogP contribution in [0, 0.1) is 23.2 Å². The highest BCUT2D eigenvalue weighted by Gasteiger charge is 2.54. The van der Waals surface area contributed by atoms with E-state index in [2.05, 4.69) is 20.8 Å². The number of carbonyl (C=O) groups is 2. The minimum absolute atomic E-state index is 0.0525. The van der Waals surface area contributed by atoms with Gasteiger partial charge in [0.05, 0.1) is 5.56 Å². The highest BCUT2D eigenvalue weighted by Crippen LogP contribution is 2.60. The smallest absolute Gasteiger partial charge is 0.338 e. The third-order valence-electron chi connectivity index (χ3n) is 6.95. The Labute approximate surface area is 156 Å². The summed E-state index contributed by atoms with van der Waals surface area (Å²) in [4.78, 5) is 25.3. The second kappa shape index (κ2) is 6.21. The van der Waals surface area contributed by atoms with Gasteiger partial charge in [-0.2, -0.15) is 0 Å². The van der Waals surface area contributed by atoms with Crippen molar-refractivity contribution < 1.29 is 14.3 Å². The van der Waals surface area contributed by atoms with Crippen molar-refractivity contribution in [1.82, 2.24) is 0 Å². The Morgan fingerprint density at radius 1 is 0.962 bits per heavy atom. The van der Waals surface area contributed by atoms with E-state index in [0.717, 1.165) is 37.0 Å². The molecule has 0 N–H and O–H groups in total. The first kappa shape index (κ1) is 17.8. The first-order valence-electron chi connectivity index (χ1n) is 10.1. The van der Waals surface area contributed by atoms with Crippen LogP contribution >= 0.6 is 0 Å². The topological polar surface area (TPSA) is 43.4 Å². The molecule has 0 aliphatic heterocycles. The number of hydrogen-bond acceptors (Lipinski definition) is 3. The molecule has 0 spiro atoms. The fourth-order valence-electron chi connectivity index (χ4n) is 5.93. The van der Waals surface area contributed by atoms with Crippen LogP contribution in [-0.2, 0) is 14.9 Å². The quantitative estimate of drug-likeness (QED) is 0.720. The molecular weight excluding hydrogens is 324 g/mol. The summed E-state index contributed by atoms with van der Waals surface area (Å²) in [5, 5.41) is 0. The van der Waals surface area contributed by atoms with E-state index in [-0.39, 0.29) is 29.2 Å². The standard InChI is InChI=1S/C23H30O3/c1-22(2,3)19-6-4-18(5-7-19)21(25)26-14-20(24)23-11-15-8-16(12-23)10-17(9-15)13-23/h4-7,15-17H,8-14H2,1-3H3. The minimum atomic E-state index is -0.386. The lowest BCUT2D eigenvalue weighted by Gasteiger charge is -2.55. The van der Waals surface area contributed by atoms with Crippen LogP contribution in [0.3, 0.4) is 0 Å². The second-order valence-electron chi connectivity index (χ2n) is 10.0. The Hall–Kier alpha value is -1.64. The first-order valence-corrected chi connectivity index (χ1v) is 10.1. The largest absolute Gasteiger partial charge is 0.454 e. The Morgan fingerprint density at radius 2 is 1.46 bits per heavy atom. The lowest BCUT2D eigenvalue weighted by Crippen LogP contribution is -2.51. The van der Waals surface area contributed by atoms with Gasteiger partial charge in [0.1, 0.15) is 0 Å². The average Bonchev–Trinajstić information content (AvgIpc) is 2.57. The zero-order chi connectivity index (χ0) is 18.5. The van der Waals surface area contributed by atoms with Gasteiger partial charge in [0, 0.05) is 5.41 Å². The van der Waals surface area contributed by atoms with Crippen molar-refractivity contribution in [2.75, 3.05) is 6.61 Å². The summed E-state index contributed by atoms with van der Waals surface area (Å²) in [6.07, 6.45) is 7.01. The van der Waals surface area contributed by atoms with Crippen molar-refractivity contribution in [1.29, 1.82) is 0 Å². The summed E-state index contributed by atoms with van der Waals surface area (Å²) in [5.41, 5.74) is 1.57. The van der Waals surface area contributed by atoms with Gasteiger partial charge in [0.25, 0.3) is 0 Å². The maximum Gasteiger partial charge on any atom is 0.338 e. The van der Waals surface area contributed by atoms with Crippen LogP contribution in [0.25, 0.3) is 0 Å². The molecule has 4 fully saturated rings. The zero-order valence-corrected chi connectivity index (χ0v) is 16.2. The molecule has 3 heteroatoms. The molecule has 0 atom stereocenters. The molecule has 140 valence electrons. The lowest BCUT2D eigenvalue weighted by molar-refractivity contribution is -0.147. The summed E-state index contributed by atoms with van der Waals surface area (Å²) in [5.74, 6) is 1.96. The fraction of sp³-hybridized carbons (Fsp3) is 0.652. The molecule has 1 aromatic carbocycles.